The van der Waals surface area contributed by atoms with Crippen LogP contribution >= 0.6 is 0 Å². The third-order valence-electron chi connectivity index (χ3n) is 6.59. The quantitative estimate of drug-likeness (QED) is 0.373. The molecule has 12 heteroatoms. The minimum Gasteiger partial charge on any atom is -0.349 e. The number of pyridine rings is 3. The number of rotatable bonds is 6. The van der Waals surface area contributed by atoms with E-state index < -0.39 is 34.3 Å². The fourth-order valence-electron chi connectivity index (χ4n) is 4.43. The van der Waals surface area contributed by atoms with Gasteiger partial charge in [0.25, 0.3) is 11.8 Å². The van der Waals surface area contributed by atoms with E-state index in [-0.39, 0.29) is 23.5 Å². The van der Waals surface area contributed by atoms with Gasteiger partial charge in [0.15, 0.2) is 9.84 Å². The predicted molar refractivity (Wildman–Crippen MR) is 143 cm³/mol. The molecule has 1 aliphatic heterocycles. The minimum atomic E-state index is -3.47. The van der Waals surface area contributed by atoms with E-state index in [1.165, 1.54) is 11.0 Å². The van der Waals surface area contributed by atoms with Crippen LogP contribution in [0.2, 0.25) is 0 Å². The number of carbonyl (C=O) groups excluding carboxylic acids is 1. The van der Waals surface area contributed by atoms with Crippen LogP contribution in [-0.4, -0.2) is 60.6 Å². The van der Waals surface area contributed by atoms with Crippen molar-refractivity contribution in [1.82, 2.24) is 20.3 Å². The number of halogens is 2. The van der Waals surface area contributed by atoms with Gasteiger partial charge in [-0.15, -0.1) is 0 Å². The van der Waals surface area contributed by atoms with E-state index in [1.54, 1.807) is 55.6 Å². The number of alkyl halides is 2. The Bertz CT molecular complexity index is 1700. The summed E-state index contributed by atoms with van der Waals surface area (Å²) >= 11 is 0. The second-order valence-corrected chi connectivity index (χ2v) is 11.6. The van der Waals surface area contributed by atoms with Crippen molar-refractivity contribution in [1.29, 1.82) is 0 Å². The number of aryl methyl sites for hydroxylation is 1. The SMILES string of the molecule is Cc1ccc(C(=O)NCc2cc3nc(-c4cccc(N5C[C@@H](N)C(F)(F)C5)n4)ccc3cn2)cc1S(C)(=O)=O. The van der Waals surface area contributed by atoms with Gasteiger partial charge in [-0.2, -0.15) is 0 Å². The van der Waals surface area contributed by atoms with Gasteiger partial charge in [-0.05, 0) is 55.0 Å². The number of benzene rings is 1. The molecular formula is C27H26F2N6O3S. The van der Waals surface area contributed by atoms with Gasteiger partial charge in [0.1, 0.15) is 5.82 Å². The molecule has 1 fully saturated rings. The molecule has 0 aliphatic carbocycles. The largest absolute Gasteiger partial charge is 0.349 e. The molecule has 39 heavy (non-hydrogen) atoms. The molecule has 3 aromatic heterocycles. The molecule has 4 heterocycles. The molecule has 9 nitrogen and oxygen atoms in total. The van der Waals surface area contributed by atoms with Crippen LogP contribution in [0.4, 0.5) is 14.6 Å². The Kier molecular flexibility index (Phi) is 6.77. The molecule has 1 aromatic carbocycles. The van der Waals surface area contributed by atoms with Crippen LogP contribution in [0.15, 0.2) is 65.7 Å². The van der Waals surface area contributed by atoms with Gasteiger partial charge in [-0.1, -0.05) is 12.1 Å². The first-order valence-electron chi connectivity index (χ1n) is 12.1. The maximum absolute atomic E-state index is 13.9. The number of carbonyl (C=O) groups is 1. The molecule has 1 atom stereocenters. The number of aromatic nitrogens is 3. The second kappa shape index (κ2) is 9.93. The molecule has 0 unspecified atom stereocenters. The van der Waals surface area contributed by atoms with Crippen molar-refractivity contribution in [2.75, 3.05) is 24.2 Å². The molecule has 0 bridgehead atoms. The normalized spacial score (nSPS) is 16.9. The van der Waals surface area contributed by atoms with Crippen molar-refractivity contribution >= 4 is 32.5 Å². The number of amides is 1. The van der Waals surface area contributed by atoms with Crippen LogP contribution in [0.5, 0.6) is 0 Å². The highest BCUT2D eigenvalue weighted by Gasteiger charge is 2.46. The van der Waals surface area contributed by atoms with Crippen LogP contribution in [0, 0.1) is 6.92 Å². The summed E-state index contributed by atoms with van der Waals surface area (Å²) < 4.78 is 51.9. The Morgan fingerprint density at radius 2 is 1.90 bits per heavy atom. The summed E-state index contributed by atoms with van der Waals surface area (Å²) in [5, 5.41) is 3.53. The van der Waals surface area contributed by atoms with Crippen LogP contribution in [0.1, 0.15) is 21.6 Å². The zero-order valence-electron chi connectivity index (χ0n) is 21.2. The highest BCUT2D eigenvalue weighted by Crippen LogP contribution is 2.30. The number of anilines is 1. The number of nitrogens with two attached hydrogens (primary N) is 1. The van der Waals surface area contributed by atoms with E-state index in [0.717, 1.165) is 11.6 Å². The lowest BCUT2D eigenvalue weighted by atomic mass is 10.1. The Hall–Kier alpha value is -4.03. The molecule has 3 N–H and O–H groups in total. The highest BCUT2D eigenvalue weighted by atomic mass is 32.2. The Morgan fingerprint density at radius 1 is 1.13 bits per heavy atom. The molecule has 202 valence electrons. The molecule has 0 spiro atoms. The standard InChI is InChI=1S/C27H26F2N6O3S/c1-16-6-7-17(10-23(16)39(2,37)38)26(36)32-13-19-11-22-18(12-31-19)8-9-21(33-22)20-4-3-5-25(34-20)35-14-24(30)27(28,29)15-35/h3-12,24H,13-15,30H2,1-2H3,(H,32,36)/t24-/m1/s1. The lowest BCUT2D eigenvalue weighted by molar-refractivity contribution is 0.00962. The summed E-state index contributed by atoms with van der Waals surface area (Å²) in [6, 6.07) is 13.8. The monoisotopic (exact) mass is 552 g/mol. The summed E-state index contributed by atoms with van der Waals surface area (Å²) in [5.41, 5.74) is 8.60. The fourth-order valence-corrected chi connectivity index (χ4v) is 5.43. The first kappa shape index (κ1) is 26.6. The van der Waals surface area contributed by atoms with E-state index in [2.05, 4.69) is 20.3 Å². The molecule has 4 aromatic rings. The number of hydrogen-bond donors (Lipinski definition) is 2. The zero-order valence-corrected chi connectivity index (χ0v) is 22.0. The van der Waals surface area contributed by atoms with Crippen molar-refractivity contribution < 1.29 is 22.0 Å². The van der Waals surface area contributed by atoms with E-state index in [4.69, 9.17) is 5.73 Å². The van der Waals surface area contributed by atoms with E-state index in [1.807, 2.05) is 6.07 Å². The van der Waals surface area contributed by atoms with Crippen molar-refractivity contribution in [3.8, 4) is 11.4 Å². The Labute approximate surface area is 224 Å². The molecule has 0 saturated carbocycles. The summed E-state index contributed by atoms with van der Waals surface area (Å²) in [6.45, 7) is 1.28. The first-order valence-corrected chi connectivity index (χ1v) is 14.0. The number of sulfone groups is 1. The highest BCUT2D eigenvalue weighted by molar-refractivity contribution is 7.90. The van der Waals surface area contributed by atoms with Crippen molar-refractivity contribution in [2.24, 2.45) is 5.73 Å². The molecule has 5 rings (SSSR count). The number of hydrogen-bond acceptors (Lipinski definition) is 8. The molecule has 0 radical (unpaired) electrons. The lowest BCUT2D eigenvalue weighted by Gasteiger charge is -2.17. The van der Waals surface area contributed by atoms with Gasteiger partial charge >= 0.3 is 0 Å². The Balaban J connectivity index is 1.34. The molecule has 1 amide bonds. The van der Waals surface area contributed by atoms with Gasteiger partial charge in [-0.3, -0.25) is 9.78 Å². The van der Waals surface area contributed by atoms with Gasteiger partial charge in [0, 0.05) is 29.9 Å². The maximum atomic E-state index is 13.9. The lowest BCUT2D eigenvalue weighted by Crippen LogP contribution is -2.38. The Morgan fingerprint density at radius 3 is 2.62 bits per heavy atom. The number of fused-ring (bicyclic) bond motifs is 1. The van der Waals surface area contributed by atoms with Gasteiger partial charge < -0.3 is 16.0 Å². The molecule has 1 saturated heterocycles. The maximum Gasteiger partial charge on any atom is 0.281 e. The third kappa shape index (κ3) is 5.57. The van der Waals surface area contributed by atoms with E-state index in [0.29, 0.717) is 34.0 Å². The average molecular weight is 553 g/mol. The molecule has 1 aliphatic rings. The summed E-state index contributed by atoms with van der Waals surface area (Å²) in [5.74, 6) is -3.01. The number of nitrogens with one attached hydrogen (secondary N) is 1. The topological polar surface area (TPSA) is 131 Å². The van der Waals surface area contributed by atoms with E-state index in [9.17, 15) is 22.0 Å². The van der Waals surface area contributed by atoms with Crippen LogP contribution in [0.3, 0.4) is 0 Å². The van der Waals surface area contributed by atoms with Crippen molar-refractivity contribution in [3.63, 3.8) is 0 Å². The second-order valence-electron chi connectivity index (χ2n) is 9.63. The van der Waals surface area contributed by atoms with Gasteiger partial charge in [-0.25, -0.2) is 27.2 Å². The van der Waals surface area contributed by atoms with Crippen molar-refractivity contribution in [3.05, 3.63) is 77.6 Å². The molecular weight excluding hydrogens is 526 g/mol. The number of nitrogens with zero attached hydrogens (tertiary/aromatic N) is 4. The van der Waals surface area contributed by atoms with Gasteiger partial charge in [0.05, 0.1) is 46.6 Å². The van der Waals surface area contributed by atoms with Gasteiger partial charge in [0.2, 0.25) is 0 Å². The van der Waals surface area contributed by atoms with Crippen molar-refractivity contribution in [2.45, 2.75) is 30.3 Å². The van der Waals surface area contributed by atoms with Crippen LogP contribution < -0.4 is 16.0 Å². The minimum absolute atomic E-state index is 0.00745. The van der Waals surface area contributed by atoms with E-state index >= 15 is 0 Å². The predicted octanol–water partition coefficient (Wildman–Crippen LogP) is 3.12. The fraction of sp³-hybridized carbons (Fsp3) is 0.259. The first-order chi connectivity index (χ1) is 18.4. The summed E-state index contributed by atoms with van der Waals surface area (Å²) in [6.07, 6.45) is 2.74. The zero-order chi connectivity index (χ0) is 27.9. The van der Waals surface area contributed by atoms with Crippen LogP contribution in [-0.2, 0) is 16.4 Å². The van der Waals surface area contributed by atoms with Crippen LogP contribution in [0.25, 0.3) is 22.3 Å². The third-order valence-corrected chi connectivity index (χ3v) is 7.83. The summed E-state index contributed by atoms with van der Waals surface area (Å²) in [7, 11) is -3.47. The smallest absolute Gasteiger partial charge is 0.281 e. The summed E-state index contributed by atoms with van der Waals surface area (Å²) in [4.78, 5) is 27.9. The average Bonchev–Trinajstić information content (AvgIpc) is 3.18.